The molecule has 2 atom stereocenters. The fourth-order valence-electron chi connectivity index (χ4n) is 2.39. The van der Waals surface area contributed by atoms with Crippen molar-refractivity contribution >= 4 is 0 Å². The van der Waals surface area contributed by atoms with Crippen LogP contribution < -0.4 is 10.5 Å². The largest absolute Gasteiger partial charge is 0.488 e. The van der Waals surface area contributed by atoms with Crippen LogP contribution in [0.15, 0.2) is 18.2 Å². The van der Waals surface area contributed by atoms with Crippen LogP contribution in [0.2, 0.25) is 0 Å². The molecule has 1 unspecified atom stereocenters. The van der Waals surface area contributed by atoms with Gasteiger partial charge >= 0.3 is 0 Å². The first-order valence-electron chi connectivity index (χ1n) is 6.24. The van der Waals surface area contributed by atoms with E-state index in [1.54, 1.807) is 7.11 Å². The molecule has 3 heteroatoms. The maximum absolute atomic E-state index is 6.12. The van der Waals surface area contributed by atoms with Gasteiger partial charge in [-0.2, -0.15) is 0 Å². The first kappa shape index (κ1) is 12.4. The molecule has 0 saturated heterocycles. The van der Waals surface area contributed by atoms with Crippen molar-refractivity contribution < 1.29 is 9.47 Å². The van der Waals surface area contributed by atoms with Crippen LogP contribution in [0.5, 0.6) is 5.75 Å². The topological polar surface area (TPSA) is 44.5 Å². The monoisotopic (exact) mass is 235 g/mol. The van der Waals surface area contributed by atoms with Crippen molar-refractivity contribution in [3.8, 4) is 5.75 Å². The molecule has 2 N–H and O–H groups in total. The standard InChI is InChI=1S/C14H21NO2/c1-10(9-16-2)17-12-7-6-11-4-3-5-14(15)13(11)8-12/h6-8,10,14H,3-5,9,15H2,1-2H3/t10?,14-/m0/s1. The van der Waals surface area contributed by atoms with E-state index in [-0.39, 0.29) is 12.1 Å². The fraction of sp³-hybridized carbons (Fsp3) is 0.571. The van der Waals surface area contributed by atoms with E-state index < -0.39 is 0 Å². The van der Waals surface area contributed by atoms with Gasteiger partial charge in [-0.25, -0.2) is 0 Å². The summed E-state index contributed by atoms with van der Waals surface area (Å²) < 4.78 is 10.8. The quantitative estimate of drug-likeness (QED) is 0.871. The molecular formula is C14H21NO2. The molecule has 0 radical (unpaired) electrons. The van der Waals surface area contributed by atoms with Crippen LogP contribution in [-0.2, 0) is 11.2 Å². The number of ether oxygens (including phenoxy) is 2. The number of nitrogens with two attached hydrogens (primary N) is 1. The molecule has 94 valence electrons. The normalized spacial score (nSPS) is 20.8. The minimum Gasteiger partial charge on any atom is -0.488 e. The van der Waals surface area contributed by atoms with E-state index in [1.807, 2.05) is 13.0 Å². The molecule has 0 amide bonds. The Morgan fingerprint density at radius 3 is 3.06 bits per heavy atom. The van der Waals surface area contributed by atoms with E-state index in [9.17, 15) is 0 Å². The Balaban J connectivity index is 2.12. The Morgan fingerprint density at radius 2 is 2.29 bits per heavy atom. The minimum atomic E-state index is 0.0675. The van der Waals surface area contributed by atoms with E-state index in [2.05, 4.69) is 12.1 Å². The molecule has 1 aromatic carbocycles. The molecule has 1 aliphatic carbocycles. The number of fused-ring (bicyclic) bond motifs is 1. The van der Waals surface area contributed by atoms with Crippen LogP contribution >= 0.6 is 0 Å². The van der Waals surface area contributed by atoms with Gasteiger partial charge in [0.1, 0.15) is 11.9 Å². The van der Waals surface area contributed by atoms with Crippen LogP contribution in [0, 0.1) is 0 Å². The summed E-state index contributed by atoms with van der Waals surface area (Å²) in [5.74, 6) is 0.894. The third kappa shape index (κ3) is 2.99. The summed E-state index contributed by atoms with van der Waals surface area (Å²) in [5.41, 5.74) is 8.74. The number of methoxy groups -OCH3 is 1. The van der Waals surface area contributed by atoms with Crippen molar-refractivity contribution in [3.05, 3.63) is 29.3 Å². The van der Waals surface area contributed by atoms with Crippen molar-refractivity contribution in [2.45, 2.75) is 38.3 Å². The van der Waals surface area contributed by atoms with E-state index in [0.717, 1.165) is 18.6 Å². The molecule has 0 aliphatic heterocycles. The molecule has 0 spiro atoms. The summed E-state index contributed by atoms with van der Waals surface area (Å²) in [5, 5.41) is 0. The summed E-state index contributed by atoms with van der Waals surface area (Å²) in [6.45, 7) is 2.60. The second-order valence-electron chi connectivity index (χ2n) is 4.74. The van der Waals surface area contributed by atoms with E-state index in [1.165, 1.54) is 17.5 Å². The second-order valence-corrected chi connectivity index (χ2v) is 4.74. The maximum atomic E-state index is 6.12. The molecule has 0 heterocycles. The molecular weight excluding hydrogens is 214 g/mol. The fourth-order valence-corrected chi connectivity index (χ4v) is 2.39. The summed E-state index contributed by atoms with van der Waals surface area (Å²) in [6, 6.07) is 6.43. The molecule has 0 saturated carbocycles. The highest BCUT2D eigenvalue weighted by Gasteiger charge is 2.17. The van der Waals surface area contributed by atoms with Crippen molar-refractivity contribution in [3.63, 3.8) is 0 Å². The Morgan fingerprint density at radius 1 is 1.47 bits per heavy atom. The highest BCUT2D eigenvalue weighted by molar-refractivity contribution is 5.39. The lowest BCUT2D eigenvalue weighted by atomic mass is 9.88. The molecule has 17 heavy (non-hydrogen) atoms. The van der Waals surface area contributed by atoms with Crippen LogP contribution in [-0.4, -0.2) is 19.8 Å². The molecule has 0 bridgehead atoms. The second kappa shape index (κ2) is 5.52. The van der Waals surface area contributed by atoms with Crippen molar-refractivity contribution in [2.75, 3.05) is 13.7 Å². The van der Waals surface area contributed by atoms with Crippen LogP contribution in [0.3, 0.4) is 0 Å². The first-order valence-corrected chi connectivity index (χ1v) is 6.24. The number of rotatable bonds is 4. The Kier molecular flexibility index (Phi) is 4.02. The zero-order chi connectivity index (χ0) is 12.3. The van der Waals surface area contributed by atoms with Crippen molar-refractivity contribution in [1.29, 1.82) is 0 Å². The smallest absolute Gasteiger partial charge is 0.120 e. The van der Waals surface area contributed by atoms with Gasteiger partial charge in [0.15, 0.2) is 0 Å². The van der Waals surface area contributed by atoms with Crippen LogP contribution in [0.4, 0.5) is 0 Å². The van der Waals surface area contributed by atoms with Gasteiger partial charge in [0.2, 0.25) is 0 Å². The van der Waals surface area contributed by atoms with Gasteiger partial charge in [-0.15, -0.1) is 0 Å². The highest BCUT2D eigenvalue weighted by atomic mass is 16.5. The Hall–Kier alpha value is -1.06. The molecule has 0 fully saturated rings. The summed E-state index contributed by atoms with van der Waals surface area (Å²) >= 11 is 0. The summed E-state index contributed by atoms with van der Waals surface area (Å²) in [4.78, 5) is 0. The zero-order valence-electron chi connectivity index (χ0n) is 10.6. The first-order chi connectivity index (χ1) is 8.20. The van der Waals surface area contributed by atoms with Gasteiger partial charge in [0.05, 0.1) is 6.61 Å². The van der Waals surface area contributed by atoms with Crippen LogP contribution in [0.1, 0.15) is 36.9 Å². The maximum Gasteiger partial charge on any atom is 0.120 e. The predicted molar refractivity (Wildman–Crippen MR) is 68.3 cm³/mol. The van der Waals surface area contributed by atoms with Gasteiger partial charge < -0.3 is 15.2 Å². The predicted octanol–water partition coefficient (Wildman–Crippen LogP) is 2.44. The van der Waals surface area contributed by atoms with Gasteiger partial charge in [-0.05, 0) is 49.4 Å². The molecule has 1 aliphatic rings. The van der Waals surface area contributed by atoms with Crippen molar-refractivity contribution in [2.24, 2.45) is 5.73 Å². The molecule has 3 nitrogen and oxygen atoms in total. The average molecular weight is 235 g/mol. The van der Waals surface area contributed by atoms with Gasteiger partial charge in [0, 0.05) is 13.2 Å². The minimum absolute atomic E-state index is 0.0675. The van der Waals surface area contributed by atoms with Crippen molar-refractivity contribution in [1.82, 2.24) is 0 Å². The lowest BCUT2D eigenvalue weighted by Gasteiger charge is -2.23. The van der Waals surface area contributed by atoms with Gasteiger partial charge in [-0.1, -0.05) is 6.07 Å². The van der Waals surface area contributed by atoms with E-state index in [4.69, 9.17) is 15.2 Å². The lowest BCUT2D eigenvalue weighted by Crippen LogP contribution is -2.20. The van der Waals surface area contributed by atoms with Crippen LogP contribution in [0.25, 0.3) is 0 Å². The van der Waals surface area contributed by atoms with Gasteiger partial charge in [-0.3, -0.25) is 0 Å². The average Bonchev–Trinajstić information content (AvgIpc) is 2.30. The third-order valence-corrected chi connectivity index (χ3v) is 3.22. The summed E-state index contributed by atoms with van der Waals surface area (Å²) in [6.07, 6.45) is 3.47. The third-order valence-electron chi connectivity index (χ3n) is 3.22. The molecule has 2 rings (SSSR count). The van der Waals surface area contributed by atoms with E-state index in [0.29, 0.717) is 6.61 Å². The van der Waals surface area contributed by atoms with Gasteiger partial charge in [0.25, 0.3) is 0 Å². The zero-order valence-corrected chi connectivity index (χ0v) is 10.6. The lowest BCUT2D eigenvalue weighted by molar-refractivity contribution is 0.0920. The number of benzene rings is 1. The number of hydrogen-bond acceptors (Lipinski definition) is 3. The SMILES string of the molecule is COCC(C)Oc1ccc2c(c1)[C@@H](N)CCC2. The Labute approximate surface area is 103 Å². The number of aryl methyl sites for hydroxylation is 1. The molecule has 0 aromatic heterocycles. The number of hydrogen-bond donors (Lipinski definition) is 1. The Bertz CT molecular complexity index is 378. The van der Waals surface area contributed by atoms with E-state index >= 15 is 0 Å². The molecule has 1 aromatic rings. The summed E-state index contributed by atoms with van der Waals surface area (Å²) in [7, 11) is 1.68. The highest BCUT2D eigenvalue weighted by Crippen LogP contribution is 2.31.